The second kappa shape index (κ2) is 8.37. The predicted molar refractivity (Wildman–Crippen MR) is 105 cm³/mol. The minimum Gasteiger partial charge on any atom is -0.336 e. The zero-order chi connectivity index (χ0) is 17.9. The Balaban J connectivity index is 0.00000210. The SMILES string of the molecule is Cl.Cn1ccnc1C1CNCCN1C(=O)c1cnn(Cc2ccccc2)c1. The molecule has 1 amide bonds. The van der Waals surface area contributed by atoms with Gasteiger partial charge >= 0.3 is 0 Å². The van der Waals surface area contributed by atoms with E-state index < -0.39 is 0 Å². The Hall–Kier alpha value is -2.64. The van der Waals surface area contributed by atoms with Crippen molar-refractivity contribution in [1.82, 2.24) is 29.5 Å². The molecule has 7 nitrogen and oxygen atoms in total. The molecule has 0 aliphatic carbocycles. The molecular formula is C19H23ClN6O. The number of carbonyl (C=O) groups excluding carboxylic acids is 1. The molecule has 8 heteroatoms. The van der Waals surface area contributed by atoms with E-state index in [1.165, 1.54) is 0 Å². The average Bonchev–Trinajstić information content (AvgIpc) is 3.31. The number of hydrogen-bond donors (Lipinski definition) is 1. The maximum atomic E-state index is 13.1. The molecule has 1 fully saturated rings. The molecule has 0 radical (unpaired) electrons. The molecule has 1 atom stereocenters. The molecule has 4 rings (SSSR count). The van der Waals surface area contributed by atoms with E-state index in [0.717, 1.165) is 17.9 Å². The van der Waals surface area contributed by atoms with Gasteiger partial charge in [0.1, 0.15) is 11.9 Å². The van der Waals surface area contributed by atoms with Crippen LogP contribution in [0.25, 0.3) is 0 Å². The second-order valence-electron chi connectivity index (χ2n) is 6.53. The van der Waals surface area contributed by atoms with E-state index in [-0.39, 0.29) is 24.4 Å². The fraction of sp³-hybridized carbons (Fsp3) is 0.316. The van der Waals surface area contributed by atoms with Crippen molar-refractivity contribution in [3.8, 4) is 0 Å². The highest BCUT2D eigenvalue weighted by Gasteiger charge is 2.31. The van der Waals surface area contributed by atoms with Crippen molar-refractivity contribution in [2.24, 2.45) is 7.05 Å². The number of aryl methyl sites for hydroxylation is 1. The number of nitrogens with zero attached hydrogens (tertiary/aromatic N) is 5. The van der Waals surface area contributed by atoms with Crippen LogP contribution in [0.15, 0.2) is 55.1 Å². The molecule has 0 bridgehead atoms. The fourth-order valence-corrected chi connectivity index (χ4v) is 3.37. The lowest BCUT2D eigenvalue weighted by Crippen LogP contribution is -2.49. The number of aromatic nitrogens is 4. The summed E-state index contributed by atoms with van der Waals surface area (Å²) in [5, 5.41) is 7.72. The van der Waals surface area contributed by atoms with Gasteiger partial charge in [0.15, 0.2) is 0 Å². The first-order valence-corrected chi connectivity index (χ1v) is 8.77. The van der Waals surface area contributed by atoms with Crippen molar-refractivity contribution in [3.63, 3.8) is 0 Å². The molecule has 3 heterocycles. The van der Waals surface area contributed by atoms with Gasteiger partial charge in [0.05, 0.1) is 18.3 Å². The van der Waals surface area contributed by atoms with Crippen LogP contribution in [0, 0.1) is 0 Å². The van der Waals surface area contributed by atoms with Gasteiger partial charge in [-0.05, 0) is 5.56 Å². The first kappa shape index (κ1) is 19.1. The maximum absolute atomic E-state index is 13.1. The summed E-state index contributed by atoms with van der Waals surface area (Å²) in [6, 6.07) is 10.0. The summed E-state index contributed by atoms with van der Waals surface area (Å²) in [4.78, 5) is 19.4. The van der Waals surface area contributed by atoms with Crippen LogP contribution in [0.5, 0.6) is 0 Å². The molecule has 1 aromatic carbocycles. The van der Waals surface area contributed by atoms with Crippen LogP contribution in [0.4, 0.5) is 0 Å². The largest absolute Gasteiger partial charge is 0.336 e. The molecule has 142 valence electrons. The van der Waals surface area contributed by atoms with E-state index >= 15 is 0 Å². The van der Waals surface area contributed by atoms with Crippen LogP contribution >= 0.6 is 12.4 Å². The zero-order valence-corrected chi connectivity index (χ0v) is 16.0. The molecule has 1 saturated heterocycles. The summed E-state index contributed by atoms with van der Waals surface area (Å²) in [7, 11) is 1.96. The van der Waals surface area contributed by atoms with E-state index in [1.807, 2.05) is 47.1 Å². The Morgan fingerprint density at radius 2 is 2.11 bits per heavy atom. The third-order valence-corrected chi connectivity index (χ3v) is 4.73. The zero-order valence-electron chi connectivity index (χ0n) is 15.2. The Kier molecular flexibility index (Phi) is 5.93. The number of imidazole rings is 1. The minimum absolute atomic E-state index is 0. The highest BCUT2D eigenvalue weighted by Crippen LogP contribution is 2.22. The van der Waals surface area contributed by atoms with E-state index in [2.05, 4.69) is 27.5 Å². The fourth-order valence-electron chi connectivity index (χ4n) is 3.37. The van der Waals surface area contributed by atoms with Crippen LogP contribution in [0.3, 0.4) is 0 Å². The summed E-state index contributed by atoms with van der Waals surface area (Å²) >= 11 is 0. The van der Waals surface area contributed by atoms with Crippen LogP contribution < -0.4 is 5.32 Å². The average molecular weight is 387 g/mol. The highest BCUT2D eigenvalue weighted by atomic mass is 35.5. The number of benzene rings is 1. The van der Waals surface area contributed by atoms with Gasteiger partial charge in [0.2, 0.25) is 0 Å². The Labute approximate surface area is 164 Å². The summed E-state index contributed by atoms with van der Waals surface area (Å²) in [6.07, 6.45) is 7.16. The van der Waals surface area contributed by atoms with E-state index in [9.17, 15) is 4.79 Å². The standard InChI is InChI=1S/C19H22N6O.ClH/c1-23-9-8-21-18(23)17-12-20-7-10-25(17)19(26)16-11-22-24(14-16)13-15-5-3-2-4-6-15;/h2-6,8-9,11,14,17,20H,7,10,12-13H2,1H3;1H. The van der Waals surface area contributed by atoms with Crippen molar-refractivity contribution < 1.29 is 4.79 Å². The van der Waals surface area contributed by atoms with Crippen LogP contribution in [-0.4, -0.2) is 49.8 Å². The van der Waals surface area contributed by atoms with Crippen molar-refractivity contribution in [2.75, 3.05) is 19.6 Å². The molecule has 1 aliphatic rings. The number of halogens is 1. The molecule has 27 heavy (non-hydrogen) atoms. The van der Waals surface area contributed by atoms with Gasteiger partial charge in [-0.2, -0.15) is 5.10 Å². The lowest BCUT2D eigenvalue weighted by Gasteiger charge is -2.35. The quantitative estimate of drug-likeness (QED) is 0.743. The first-order valence-electron chi connectivity index (χ1n) is 8.77. The lowest BCUT2D eigenvalue weighted by molar-refractivity contribution is 0.0621. The number of rotatable bonds is 4. The molecular weight excluding hydrogens is 364 g/mol. The molecule has 1 aliphatic heterocycles. The topological polar surface area (TPSA) is 68.0 Å². The van der Waals surface area contributed by atoms with Gasteiger partial charge in [-0.1, -0.05) is 30.3 Å². The Bertz CT molecular complexity index is 891. The Morgan fingerprint density at radius 1 is 1.30 bits per heavy atom. The van der Waals surface area contributed by atoms with E-state index in [0.29, 0.717) is 25.2 Å². The lowest BCUT2D eigenvalue weighted by atomic mass is 10.1. The van der Waals surface area contributed by atoms with Crippen molar-refractivity contribution in [2.45, 2.75) is 12.6 Å². The molecule has 3 aromatic rings. The van der Waals surface area contributed by atoms with Crippen molar-refractivity contribution >= 4 is 18.3 Å². The number of carbonyl (C=O) groups is 1. The van der Waals surface area contributed by atoms with E-state index in [4.69, 9.17) is 0 Å². The summed E-state index contributed by atoms with van der Waals surface area (Å²) in [5.74, 6) is 0.890. The van der Waals surface area contributed by atoms with Gasteiger partial charge in [0.25, 0.3) is 5.91 Å². The molecule has 1 unspecified atom stereocenters. The van der Waals surface area contributed by atoms with Gasteiger partial charge in [-0.25, -0.2) is 4.98 Å². The number of nitrogens with one attached hydrogen (secondary N) is 1. The number of piperazine rings is 1. The van der Waals surface area contributed by atoms with Crippen LogP contribution in [0.2, 0.25) is 0 Å². The summed E-state index contributed by atoms with van der Waals surface area (Å²) < 4.78 is 3.78. The normalized spacial score (nSPS) is 16.8. The van der Waals surface area contributed by atoms with Crippen molar-refractivity contribution in [3.05, 3.63) is 72.1 Å². The van der Waals surface area contributed by atoms with Gasteiger partial charge in [-0.15, -0.1) is 12.4 Å². The summed E-state index contributed by atoms with van der Waals surface area (Å²) in [6.45, 7) is 2.79. The van der Waals surface area contributed by atoms with Crippen molar-refractivity contribution in [1.29, 1.82) is 0 Å². The molecule has 0 spiro atoms. The first-order chi connectivity index (χ1) is 12.7. The smallest absolute Gasteiger partial charge is 0.257 e. The summed E-state index contributed by atoms with van der Waals surface area (Å²) in [5.41, 5.74) is 1.77. The number of hydrogen-bond acceptors (Lipinski definition) is 4. The third kappa shape index (κ3) is 4.04. The van der Waals surface area contributed by atoms with Crippen LogP contribution in [0.1, 0.15) is 27.8 Å². The molecule has 1 N–H and O–H groups in total. The van der Waals surface area contributed by atoms with Gasteiger partial charge in [-0.3, -0.25) is 9.48 Å². The Morgan fingerprint density at radius 3 is 2.85 bits per heavy atom. The number of amides is 1. The van der Waals surface area contributed by atoms with Gasteiger partial charge in [0, 0.05) is 45.3 Å². The second-order valence-corrected chi connectivity index (χ2v) is 6.53. The molecule has 0 saturated carbocycles. The monoisotopic (exact) mass is 386 g/mol. The van der Waals surface area contributed by atoms with Crippen LogP contribution in [-0.2, 0) is 13.6 Å². The predicted octanol–water partition coefficient (Wildman–Crippen LogP) is 1.87. The maximum Gasteiger partial charge on any atom is 0.257 e. The van der Waals surface area contributed by atoms with Gasteiger partial charge < -0.3 is 14.8 Å². The molecule has 2 aromatic heterocycles. The van der Waals surface area contributed by atoms with E-state index in [1.54, 1.807) is 17.1 Å². The third-order valence-electron chi connectivity index (χ3n) is 4.73. The minimum atomic E-state index is -0.0753. The highest BCUT2D eigenvalue weighted by molar-refractivity contribution is 5.94.